The van der Waals surface area contributed by atoms with Gasteiger partial charge in [0.1, 0.15) is 5.75 Å². The van der Waals surface area contributed by atoms with Crippen LogP contribution in [0, 0.1) is 0 Å². The number of phenols is 1. The topological polar surface area (TPSA) is 66.6 Å². The molecule has 5 heteroatoms. The van der Waals surface area contributed by atoms with Crippen molar-refractivity contribution in [2.45, 2.75) is 31.7 Å². The predicted octanol–water partition coefficient (Wildman–Crippen LogP) is 2.06. The second-order valence-electron chi connectivity index (χ2n) is 4.85. The molecule has 2 rings (SSSR count). The van der Waals surface area contributed by atoms with Gasteiger partial charge in [-0.2, -0.15) is 0 Å². The molecule has 0 aliphatic heterocycles. The van der Waals surface area contributed by atoms with Gasteiger partial charge in [-0.25, -0.2) is 0 Å². The fraction of sp³-hybridized carbons (Fsp3) is 0.429. The SMILES string of the molecule is NC(=S)CN(C(=O)c1ccccc1O)C1CCCC1. The highest BCUT2D eigenvalue weighted by Gasteiger charge is 2.28. The number of para-hydroxylation sites is 1. The molecule has 0 unspecified atom stereocenters. The summed E-state index contributed by atoms with van der Waals surface area (Å²) in [6, 6.07) is 6.74. The number of carbonyl (C=O) groups is 1. The van der Waals surface area contributed by atoms with Gasteiger partial charge in [0.15, 0.2) is 0 Å². The third-order valence-electron chi connectivity index (χ3n) is 3.49. The van der Waals surface area contributed by atoms with Crippen molar-refractivity contribution in [3.05, 3.63) is 29.8 Å². The molecule has 0 aromatic heterocycles. The molecule has 1 aromatic carbocycles. The Bertz CT molecular complexity index is 484. The van der Waals surface area contributed by atoms with Gasteiger partial charge in [-0.3, -0.25) is 4.79 Å². The fourth-order valence-electron chi connectivity index (χ4n) is 2.56. The van der Waals surface area contributed by atoms with Crippen molar-refractivity contribution in [1.29, 1.82) is 0 Å². The highest BCUT2D eigenvalue weighted by Crippen LogP contribution is 2.26. The number of phenolic OH excluding ortho intramolecular Hbond substituents is 1. The van der Waals surface area contributed by atoms with Crippen LogP contribution in [0.4, 0.5) is 0 Å². The van der Waals surface area contributed by atoms with Crippen LogP contribution in [0.25, 0.3) is 0 Å². The summed E-state index contributed by atoms with van der Waals surface area (Å²) in [7, 11) is 0. The van der Waals surface area contributed by atoms with Crippen LogP contribution in [0.15, 0.2) is 24.3 Å². The molecule has 0 spiro atoms. The Morgan fingerprint density at radius 3 is 2.58 bits per heavy atom. The zero-order chi connectivity index (χ0) is 13.8. The third kappa shape index (κ3) is 3.23. The van der Waals surface area contributed by atoms with Crippen molar-refractivity contribution in [2.24, 2.45) is 5.73 Å². The molecule has 1 saturated carbocycles. The summed E-state index contributed by atoms with van der Waals surface area (Å²) < 4.78 is 0. The van der Waals surface area contributed by atoms with Crippen molar-refractivity contribution in [3.8, 4) is 5.75 Å². The standard InChI is InChI=1S/C14H18N2O2S/c15-13(19)9-16(10-5-1-2-6-10)14(18)11-7-3-4-8-12(11)17/h3-4,7-8,10,17H,1-2,5-6,9H2,(H2,15,19). The van der Waals surface area contributed by atoms with Gasteiger partial charge >= 0.3 is 0 Å². The quantitative estimate of drug-likeness (QED) is 0.827. The molecular weight excluding hydrogens is 260 g/mol. The molecule has 102 valence electrons. The molecular formula is C14H18N2O2S. The van der Waals surface area contributed by atoms with E-state index in [1.807, 2.05) is 0 Å². The van der Waals surface area contributed by atoms with E-state index < -0.39 is 0 Å². The summed E-state index contributed by atoms with van der Waals surface area (Å²) >= 11 is 4.93. The van der Waals surface area contributed by atoms with E-state index in [-0.39, 0.29) is 24.2 Å². The van der Waals surface area contributed by atoms with Gasteiger partial charge in [-0.05, 0) is 25.0 Å². The number of nitrogens with zero attached hydrogens (tertiary/aromatic N) is 1. The molecule has 0 radical (unpaired) electrons. The molecule has 1 aliphatic rings. The van der Waals surface area contributed by atoms with Crippen LogP contribution in [0.3, 0.4) is 0 Å². The zero-order valence-electron chi connectivity index (χ0n) is 10.7. The first-order valence-corrected chi connectivity index (χ1v) is 6.87. The lowest BCUT2D eigenvalue weighted by Gasteiger charge is -2.28. The summed E-state index contributed by atoms with van der Waals surface area (Å²) in [5.74, 6) is -0.198. The van der Waals surface area contributed by atoms with E-state index in [9.17, 15) is 9.90 Å². The van der Waals surface area contributed by atoms with Crippen LogP contribution in [0.5, 0.6) is 5.75 Å². The molecule has 0 saturated heterocycles. The molecule has 1 fully saturated rings. The minimum Gasteiger partial charge on any atom is -0.507 e. The van der Waals surface area contributed by atoms with Crippen LogP contribution < -0.4 is 5.73 Å². The van der Waals surface area contributed by atoms with E-state index in [1.54, 1.807) is 23.1 Å². The Labute approximate surface area is 118 Å². The highest BCUT2D eigenvalue weighted by molar-refractivity contribution is 7.80. The number of hydrogen-bond donors (Lipinski definition) is 2. The Hall–Kier alpha value is -1.62. The number of nitrogens with two attached hydrogens (primary N) is 1. The zero-order valence-corrected chi connectivity index (χ0v) is 11.5. The maximum atomic E-state index is 12.5. The van der Waals surface area contributed by atoms with Crippen molar-refractivity contribution in [1.82, 2.24) is 4.90 Å². The summed E-state index contributed by atoms with van der Waals surface area (Å²) in [5.41, 5.74) is 5.90. The highest BCUT2D eigenvalue weighted by atomic mass is 32.1. The van der Waals surface area contributed by atoms with Crippen molar-refractivity contribution in [3.63, 3.8) is 0 Å². The maximum absolute atomic E-state index is 12.5. The molecule has 1 aromatic rings. The Balaban J connectivity index is 2.24. The van der Waals surface area contributed by atoms with E-state index in [0.29, 0.717) is 10.6 Å². The molecule has 1 aliphatic carbocycles. The van der Waals surface area contributed by atoms with Crippen LogP contribution >= 0.6 is 12.2 Å². The first-order chi connectivity index (χ1) is 9.09. The Kier molecular flexibility index (Phi) is 4.37. The normalized spacial score (nSPS) is 15.4. The van der Waals surface area contributed by atoms with Gasteiger partial charge in [-0.15, -0.1) is 0 Å². The van der Waals surface area contributed by atoms with E-state index in [1.165, 1.54) is 6.07 Å². The Morgan fingerprint density at radius 2 is 2.00 bits per heavy atom. The molecule has 0 bridgehead atoms. The van der Waals surface area contributed by atoms with Crippen molar-refractivity contribution < 1.29 is 9.90 Å². The molecule has 4 nitrogen and oxygen atoms in total. The lowest BCUT2D eigenvalue weighted by atomic mass is 10.1. The van der Waals surface area contributed by atoms with Crippen molar-refractivity contribution in [2.75, 3.05) is 6.54 Å². The van der Waals surface area contributed by atoms with Gasteiger partial charge in [0.05, 0.1) is 17.1 Å². The molecule has 0 atom stereocenters. The summed E-state index contributed by atoms with van der Waals surface area (Å²) in [6.45, 7) is 0.271. The average molecular weight is 278 g/mol. The summed E-state index contributed by atoms with van der Waals surface area (Å²) in [6.07, 6.45) is 4.18. The van der Waals surface area contributed by atoms with E-state index in [4.69, 9.17) is 18.0 Å². The second kappa shape index (κ2) is 6.02. The monoisotopic (exact) mass is 278 g/mol. The van der Waals surface area contributed by atoms with Gasteiger partial charge in [0.2, 0.25) is 0 Å². The third-order valence-corrected chi connectivity index (χ3v) is 3.62. The lowest BCUT2D eigenvalue weighted by molar-refractivity contribution is 0.0711. The van der Waals surface area contributed by atoms with Crippen LogP contribution in [-0.2, 0) is 0 Å². The average Bonchev–Trinajstić information content (AvgIpc) is 2.89. The van der Waals surface area contributed by atoms with E-state index in [0.717, 1.165) is 25.7 Å². The summed E-state index contributed by atoms with van der Waals surface area (Å²) in [4.78, 5) is 14.5. The predicted molar refractivity (Wildman–Crippen MR) is 78.2 cm³/mol. The van der Waals surface area contributed by atoms with E-state index in [2.05, 4.69) is 0 Å². The minimum absolute atomic E-state index is 0.00145. The van der Waals surface area contributed by atoms with Crippen molar-refractivity contribution >= 4 is 23.1 Å². The Morgan fingerprint density at radius 1 is 1.37 bits per heavy atom. The van der Waals surface area contributed by atoms with Crippen LogP contribution in [0.2, 0.25) is 0 Å². The smallest absolute Gasteiger partial charge is 0.258 e. The summed E-state index contributed by atoms with van der Waals surface area (Å²) in [5, 5.41) is 9.80. The molecule has 3 N–H and O–H groups in total. The van der Waals surface area contributed by atoms with Gasteiger partial charge in [-0.1, -0.05) is 37.2 Å². The largest absolute Gasteiger partial charge is 0.507 e. The number of amides is 1. The van der Waals surface area contributed by atoms with Crippen LogP contribution in [-0.4, -0.2) is 33.5 Å². The lowest BCUT2D eigenvalue weighted by Crippen LogP contribution is -2.43. The van der Waals surface area contributed by atoms with E-state index >= 15 is 0 Å². The number of thiocarbonyl (C=S) groups is 1. The molecule has 0 heterocycles. The molecule has 1 amide bonds. The van der Waals surface area contributed by atoms with Gasteiger partial charge < -0.3 is 15.7 Å². The minimum atomic E-state index is -0.196. The number of benzene rings is 1. The fourth-order valence-corrected chi connectivity index (χ4v) is 2.70. The van der Waals surface area contributed by atoms with Crippen LogP contribution in [0.1, 0.15) is 36.0 Å². The second-order valence-corrected chi connectivity index (χ2v) is 5.38. The number of carbonyl (C=O) groups excluding carboxylic acids is 1. The molecule has 19 heavy (non-hydrogen) atoms. The van der Waals surface area contributed by atoms with Gasteiger partial charge in [0.25, 0.3) is 5.91 Å². The first kappa shape index (κ1) is 13.8. The number of aromatic hydroxyl groups is 1. The number of rotatable bonds is 4. The number of hydrogen-bond acceptors (Lipinski definition) is 3. The maximum Gasteiger partial charge on any atom is 0.258 e. The first-order valence-electron chi connectivity index (χ1n) is 6.47. The van der Waals surface area contributed by atoms with Gasteiger partial charge in [0, 0.05) is 6.04 Å².